The van der Waals surface area contributed by atoms with Crippen molar-refractivity contribution in [2.24, 2.45) is 10.9 Å². The van der Waals surface area contributed by atoms with Gasteiger partial charge in [-0.15, -0.1) is 0 Å². The van der Waals surface area contributed by atoms with Crippen molar-refractivity contribution in [1.82, 2.24) is 15.5 Å². The van der Waals surface area contributed by atoms with Gasteiger partial charge in [0.05, 0.1) is 12.9 Å². The molecule has 1 aliphatic rings. The summed E-state index contributed by atoms with van der Waals surface area (Å²) in [7, 11) is -1.25. The maximum atomic E-state index is 11.4. The van der Waals surface area contributed by atoms with Crippen molar-refractivity contribution in [3.05, 3.63) is 29.8 Å². The minimum absolute atomic E-state index is 0.0591. The molecule has 7 nitrogen and oxygen atoms in total. The van der Waals surface area contributed by atoms with Crippen LogP contribution >= 0.6 is 0 Å². The van der Waals surface area contributed by atoms with Crippen LogP contribution in [0.4, 0.5) is 0 Å². The van der Waals surface area contributed by atoms with E-state index in [1.54, 1.807) is 7.11 Å². The number of hydrogen-bond donors (Lipinski definition) is 2. The molecule has 1 aromatic carbocycles. The van der Waals surface area contributed by atoms with Gasteiger partial charge in [0, 0.05) is 31.9 Å². The number of sulfone groups is 1. The fourth-order valence-electron chi connectivity index (χ4n) is 3.55. The molecule has 2 rings (SSSR count). The summed E-state index contributed by atoms with van der Waals surface area (Å²) in [4.78, 5) is 7.26. The summed E-state index contributed by atoms with van der Waals surface area (Å²) in [5, 5.41) is 6.60. The Labute approximate surface area is 182 Å². The van der Waals surface area contributed by atoms with Crippen molar-refractivity contribution in [2.45, 2.75) is 45.7 Å². The molecule has 1 unspecified atom stereocenters. The van der Waals surface area contributed by atoms with Gasteiger partial charge in [-0.25, -0.2) is 8.42 Å². The van der Waals surface area contributed by atoms with E-state index in [0.29, 0.717) is 12.3 Å². The second-order valence-corrected chi connectivity index (χ2v) is 10.5. The Morgan fingerprint density at radius 1 is 1.27 bits per heavy atom. The Morgan fingerprint density at radius 3 is 2.50 bits per heavy atom. The molecular weight excluding hydrogens is 400 g/mol. The first-order valence-electron chi connectivity index (χ1n) is 10.9. The second-order valence-electron chi connectivity index (χ2n) is 8.25. The molecule has 2 N–H and O–H groups in total. The van der Waals surface area contributed by atoms with E-state index in [2.05, 4.69) is 27.7 Å². The number of likely N-dealkylation sites (tertiary alicyclic amines) is 1. The quantitative estimate of drug-likeness (QED) is 0.431. The van der Waals surface area contributed by atoms with Gasteiger partial charge in [0.15, 0.2) is 5.96 Å². The van der Waals surface area contributed by atoms with Gasteiger partial charge in [-0.1, -0.05) is 12.1 Å². The third-order valence-corrected chi connectivity index (χ3v) is 6.41. The second kappa shape index (κ2) is 12.2. The molecule has 8 heteroatoms. The van der Waals surface area contributed by atoms with Crippen molar-refractivity contribution < 1.29 is 13.2 Å². The molecule has 1 heterocycles. The SMILES string of the molecule is CCNC(=NCC1CCN(Cc2ccc(OC)cc2)CC1)NC(C)CCS(C)(=O)=O. The fraction of sp³-hybridized carbons (Fsp3) is 0.682. The summed E-state index contributed by atoms with van der Waals surface area (Å²) in [6.07, 6.45) is 4.14. The Hall–Kier alpha value is -1.80. The minimum atomic E-state index is -2.94. The van der Waals surface area contributed by atoms with Crippen molar-refractivity contribution in [1.29, 1.82) is 0 Å². The van der Waals surface area contributed by atoms with E-state index in [9.17, 15) is 8.42 Å². The van der Waals surface area contributed by atoms with Gasteiger partial charge in [0.25, 0.3) is 0 Å². The zero-order chi connectivity index (χ0) is 22.0. The summed E-state index contributed by atoms with van der Waals surface area (Å²) in [6.45, 7) is 8.76. The van der Waals surface area contributed by atoms with Gasteiger partial charge < -0.3 is 15.4 Å². The van der Waals surface area contributed by atoms with Gasteiger partial charge in [-0.2, -0.15) is 0 Å². The van der Waals surface area contributed by atoms with E-state index in [1.165, 1.54) is 11.8 Å². The molecule has 1 saturated heterocycles. The van der Waals surface area contributed by atoms with E-state index in [4.69, 9.17) is 9.73 Å². The molecule has 1 aliphatic heterocycles. The van der Waals surface area contributed by atoms with E-state index < -0.39 is 9.84 Å². The molecule has 0 bridgehead atoms. The Balaban J connectivity index is 1.77. The van der Waals surface area contributed by atoms with Gasteiger partial charge in [-0.05, 0) is 69.8 Å². The lowest BCUT2D eigenvalue weighted by Gasteiger charge is -2.31. The summed E-state index contributed by atoms with van der Waals surface area (Å²) in [6, 6.07) is 8.36. The van der Waals surface area contributed by atoms with Crippen molar-refractivity contribution in [2.75, 3.05) is 45.3 Å². The lowest BCUT2D eigenvalue weighted by molar-refractivity contribution is 0.180. The standard InChI is InChI=1S/C22H38N4O3S/c1-5-23-22(25-18(2)12-15-30(4,27)28)24-16-19-10-13-26(14-11-19)17-20-6-8-21(29-3)9-7-20/h6-9,18-19H,5,10-17H2,1-4H3,(H2,23,24,25). The van der Waals surface area contributed by atoms with Crippen molar-refractivity contribution in [3.8, 4) is 5.75 Å². The van der Waals surface area contributed by atoms with E-state index in [0.717, 1.165) is 57.3 Å². The fourth-order valence-corrected chi connectivity index (χ4v) is 4.33. The van der Waals surface area contributed by atoms with Crippen molar-refractivity contribution >= 4 is 15.8 Å². The molecule has 0 aromatic heterocycles. The number of piperidine rings is 1. The lowest BCUT2D eigenvalue weighted by Crippen LogP contribution is -2.43. The third kappa shape index (κ3) is 9.34. The number of nitrogens with one attached hydrogen (secondary N) is 2. The highest BCUT2D eigenvalue weighted by Gasteiger charge is 2.19. The van der Waals surface area contributed by atoms with Gasteiger partial charge in [0.1, 0.15) is 15.6 Å². The number of guanidine groups is 1. The van der Waals surface area contributed by atoms with Gasteiger partial charge in [-0.3, -0.25) is 9.89 Å². The first-order chi connectivity index (χ1) is 14.3. The van der Waals surface area contributed by atoms with Crippen LogP contribution in [0.25, 0.3) is 0 Å². The number of hydrogen-bond acceptors (Lipinski definition) is 5. The number of aliphatic imine (C=N–C) groups is 1. The first kappa shape index (κ1) is 24.5. The average molecular weight is 439 g/mol. The van der Waals surface area contributed by atoms with Crippen LogP contribution in [0.1, 0.15) is 38.7 Å². The number of nitrogens with zero attached hydrogens (tertiary/aromatic N) is 2. The maximum Gasteiger partial charge on any atom is 0.191 e. The Morgan fingerprint density at radius 2 is 1.93 bits per heavy atom. The maximum absolute atomic E-state index is 11.4. The van der Waals surface area contributed by atoms with Gasteiger partial charge >= 0.3 is 0 Å². The Bertz CT molecular complexity index is 757. The van der Waals surface area contributed by atoms with E-state index >= 15 is 0 Å². The largest absolute Gasteiger partial charge is 0.497 e. The van der Waals surface area contributed by atoms with Crippen LogP contribution in [0.5, 0.6) is 5.75 Å². The molecule has 0 radical (unpaired) electrons. The van der Waals surface area contributed by atoms with E-state index in [-0.39, 0.29) is 11.8 Å². The molecule has 0 saturated carbocycles. The van der Waals surface area contributed by atoms with E-state index in [1.807, 2.05) is 26.0 Å². The molecule has 0 aliphatic carbocycles. The normalized spacial score (nSPS) is 17.5. The monoisotopic (exact) mass is 438 g/mol. The molecule has 1 fully saturated rings. The topological polar surface area (TPSA) is 83.0 Å². The predicted molar refractivity (Wildman–Crippen MR) is 124 cm³/mol. The van der Waals surface area contributed by atoms with Crippen LogP contribution in [0.3, 0.4) is 0 Å². The number of rotatable bonds is 10. The molecule has 0 spiro atoms. The average Bonchev–Trinajstić information content (AvgIpc) is 2.72. The smallest absolute Gasteiger partial charge is 0.191 e. The number of benzene rings is 1. The van der Waals surface area contributed by atoms with Crippen LogP contribution in [0.15, 0.2) is 29.3 Å². The molecule has 30 heavy (non-hydrogen) atoms. The minimum Gasteiger partial charge on any atom is -0.497 e. The first-order valence-corrected chi connectivity index (χ1v) is 12.9. The zero-order valence-corrected chi connectivity index (χ0v) is 19.7. The van der Waals surface area contributed by atoms with Crippen LogP contribution in [0.2, 0.25) is 0 Å². The third-order valence-electron chi connectivity index (χ3n) is 5.43. The highest BCUT2D eigenvalue weighted by Crippen LogP contribution is 2.20. The van der Waals surface area contributed by atoms with Crippen LogP contribution < -0.4 is 15.4 Å². The Kier molecular flexibility index (Phi) is 9.91. The highest BCUT2D eigenvalue weighted by atomic mass is 32.2. The summed E-state index contributed by atoms with van der Waals surface area (Å²) in [5.41, 5.74) is 1.31. The zero-order valence-electron chi connectivity index (χ0n) is 18.9. The summed E-state index contributed by atoms with van der Waals surface area (Å²) >= 11 is 0. The number of ether oxygens (including phenoxy) is 1. The molecule has 0 amide bonds. The highest BCUT2D eigenvalue weighted by molar-refractivity contribution is 7.90. The van der Waals surface area contributed by atoms with Crippen LogP contribution in [-0.4, -0.2) is 70.6 Å². The lowest BCUT2D eigenvalue weighted by atomic mass is 9.96. The van der Waals surface area contributed by atoms with Crippen LogP contribution in [0, 0.1) is 5.92 Å². The molecule has 170 valence electrons. The molecule has 1 atom stereocenters. The molecular formula is C22H38N4O3S. The summed E-state index contributed by atoms with van der Waals surface area (Å²) in [5.74, 6) is 2.44. The predicted octanol–water partition coefficient (Wildman–Crippen LogP) is 2.29. The molecule has 1 aromatic rings. The summed E-state index contributed by atoms with van der Waals surface area (Å²) < 4.78 is 28.0. The number of methoxy groups -OCH3 is 1. The van der Waals surface area contributed by atoms with Crippen molar-refractivity contribution in [3.63, 3.8) is 0 Å². The van der Waals surface area contributed by atoms with Gasteiger partial charge in [0.2, 0.25) is 0 Å². The van der Waals surface area contributed by atoms with Crippen LogP contribution in [-0.2, 0) is 16.4 Å².